The van der Waals surface area contributed by atoms with E-state index >= 15 is 0 Å². The molecular formula is C17H12FN3O4. The molecule has 0 saturated heterocycles. The topological polar surface area (TPSA) is 98.3 Å². The van der Waals surface area contributed by atoms with Gasteiger partial charge in [0.1, 0.15) is 11.6 Å². The van der Waals surface area contributed by atoms with Crippen LogP contribution in [-0.2, 0) is 4.79 Å². The molecule has 3 rings (SSSR count). The van der Waals surface area contributed by atoms with E-state index in [0.717, 1.165) is 0 Å². The third kappa shape index (κ3) is 3.86. The zero-order valence-electron chi connectivity index (χ0n) is 13.0. The highest BCUT2D eigenvalue weighted by atomic mass is 19.1. The van der Waals surface area contributed by atoms with E-state index in [2.05, 4.69) is 15.1 Å². The van der Waals surface area contributed by atoms with Crippen LogP contribution in [0.2, 0.25) is 0 Å². The van der Waals surface area contributed by atoms with E-state index in [-0.39, 0.29) is 28.6 Å². The fourth-order valence-electron chi connectivity index (χ4n) is 1.92. The molecule has 0 radical (unpaired) electrons. The molecule has 126 valence electrons. The third-order valence-corrected chi connectivity index (χ3v) is 3.16. The van der Waals surface area contributed by atoms with E-state index in [1.807, 2.05) is 0 Å². The Labute approximate surface area is 141 Å². The lowest BCUT2D eigenvalue weighted by atomic mass is 10.2. The minimum absolute atomic E-state index is 0.00586. The van der Waals surface area contributed by atoms with Crippen molar-refractivity contribution in [3.05, 3.63) is 59.9 Å². The quantitative estimate of drug-likeness (QED) is 0.709. The van der Waals surface area contributed by atoms with Crippen LogP contribution >= 0.6 is 0 Å². The Morgan fingerprint density at radius 3 is 2.84 bits per heavy atom. The van der Waals surface area contributed by atoms with Gasteiger partial charge in [0, 0.05) is 30.0 Å². The van der Waals surface area contributed by atoms with Gasteiger partial charge >= 0.3 is 5.97 Å². The fourth-order valence-corrected chi connectivity index (χ4v) is 1.92. The molecule has 2 heterocycles. The number of halogens is 1. The van der Waals surface area contributed by atoms with E-state index in [4.69, 9.17) is 14.4 Å². The van der Waals surface area contributed by atoms with Gasteiger partial charge in [-0.15, -0.1) is 0 Å². The molecule has 0 aliphatic rings. The molecule has 0 fully saturated rings. The Hall–Kier alpha value is -3.55. The van der Waals surface area contributed by atoms with Crippen LogP contribution < -0.4 is 4.74 Å². The normalized spacial score (nSPS) is 11.4. The Bertz CT molecular complexity index is 938. The molecule has 0 aliphatic heterocycles. The number of ether oxygens (including phenoxy) is 1. The maximum atomic E-state index is 14.3. The predicted octanol–water partition coefficient (Wildman–Crippen LogP) is 3.55. The Balaban J connectivity index is 1.83. The summed E-state index contributed by atoms with van der Waals surface area (Å²) in [4.78, 5) is 18.7. The lowest BCUT2D eigenvalue weighted by Crippen LogP contribution is -1.95. The molecule has 0 amide bonds. The van der Waals surface area contributed by atoms with Gasteiger partial charge < -0.3 is 14.4 Å². The minimum atomic E-state index is -1.11. The first-order chi connectivity index (χ1) is 12.0. The van der Waals surface area contributed by atoms with Crippen LogP contribution in [0, 0.1) is 5.82 Å². The summed E-state index contributed by atoms with van der Waals surface area (Å²) in [6.45, 7) is 1.39. The number of pyridine rings is 1. The van der Waals surface area contributed by atoms with E-state index < -0.39 is 11.8 Å². The number of carboxylic acids is 1. The number of benzene rings is 1. The largest absolute Gasteiger partial charge is 0.478 e. The molecule has 1 aromatic carbocycles. The van der Waals surface area contributed by atoms with Crippen LogP contribution in [0.4, 0.5) is 4.39 Å². The second-order valence-corrected chi connectivity index (χ2v) is 5.00. The second kappa shape index (κ2) is 6.91. The summed E-state index contributed by atoms with van der Waals surface area (Å²) in [5.74, 6) is -1.13. The maximum Gasteiger partial charge on any atom is 0.331 e. The van der Waals surface area contributed by atoms with E-state index in [9.17, 15) is 9.18 Å². The molecule has 2 aromatic heterocycles. The van der Waals surface area contributed by atoms with Crippen molar-refractivity contribution < 1.29 is 23.6 Å². The van der Waals surface area contributed by atoms with Crippen molar-refractivity contribution in [1.82, 2.24) is 15.1 Å². The lowest BCUT2D eigenvalue weighted by molar-refractivity contribution is -0.132. The number of carbonyl (C=O) groups is 1. The Morgan fingerprint density at radius 2 is 2.16 bits per heavy atom. The molecule has 0 spiro atoms. The van der Waals surface area contributed by atoms with Gasteiger partial charge in [0.2, 0.25) is 11.7 Å². The zero-order chi connectivity index (χ0) is 17.8. The highest BCUT2D eigenvalue weighted by Gasteiger charge is 2.14. The number of aromatic nitrogens is 3. The molecule has 0 aliphatic carbocycles. The van der Waals surface area contributed by atoms with Crippen molar-refractivity contribution in [3.8, 4) is 23.0 Å². The van der Waals surface area contributed by atoms with Crippen molar-refractivity contribution >= 4 is 12.0 Å². The molecule has 3 aromatic rings. The van der Waals surface area contributed by atoms with Crippen LogP contribution in [0.25, 0.3) is 17.5 Å². The number of nitrogens with zero attached hydrogens (tertiary/aromatic N) is 3. The van der Waals surface area contributed by atoms with Crippen LogP contribution in [0.15, 0.2) is 52.7 Å². The molecular weight excluding hydrogens is 329 g/mol. The van der Waals surface area contributed by atoms with Gasteiger partial charge in [0.05, 0.1) is 5.56 Å². The lowest BCUT2D eigenvalue weighted by Gasteiger charge is -2.05. The first-order valence-corrected chi connectivity index (χ1v) is 7.17. The van der Waals surface area contributed by atoms with Crippen molar-refractivity contribution in [2.75, 3.05) is 0 Å². The van der Waals surface area contributed by atoms with Crippen molar-refractivity contribution in [1.29, 1.82) is 0 Å². The monoisotopic (exact) mass is 341 g/mol. The summed E-state index contributed by atoms with van der Waals surface area (Å²) >= 11 is 0. The average molecular weight is 341 g/mol. The fraction of sp³-hybridized carbons (Fsp3) is 0.0588. The van der Waals surface area contributed by atoms with Crippen LogP contribution in [-0.4, -0.2) is 26.2 Å². The Kier molecular flexibility index (Phi) is 4.51. The molecule has 0 saturated carbocycles. The number of aliphatic carboxylic acids is 1. The highest BCUT2D eigenvalue weighted by Crippen LogP contribution is 2.26. The number of hydrogen-bond donors (Lipinski definition) is 1. The standard InChI is InChI=1S/C17H12FN3O4/c1-10(17(22)23)8-15-20-16(21-25-15)12-6-5-11(9-13(12)18)24-14-4-2-3-7-19-14/h2-9H,1H3,(H,22,23). The number of rotatable bonds is 5. The van der Waals surface area contributed by atoms with Gasteiger partial charge in [-0.2, -0.15) is 4.98 Å². The zero-order valence-corrected chi connectivity index (χ0v) is 13.0. The molecule has 1 N–H and O–H groups in total. The minimum Gasteiger partial charge on any atom is -0.478 e. The highest BCUT2D eigenvalue weighted by molar-refractivity contribution is 5.90. The predicted molar refractivity (Wildman–Crippen MR) is 85.3 cm³/mol. The van der Waals surface area contributed by atoms with Crippen LogP contribution in [0.1, 0.15) is 12.8 Å². The second-order valence-electron chi connectivity index (χ2n) is 5.00. The Morgan fingerprint density at radius 1 is 1.32 bits per heavy atom. The summed E-state index contributed by atoms with van der Waals surface area (Å²) in [7, 11) is 0. The summed E-state index contributed by atoms with van der Waals surface area (Å²) < 4.78 is 24.7. The molecule has 0 atom stereocenters. The maximum absolute atomic E-state index is 14.3. The smallest absolute Gasteiger partial charge is 0.331 e. The first kappa shape index (κ1) is 16.3. The average Bonchev–Trinajstić information content (AvgIpc) is 3.04. The van der Waals surface area contributed by atoms with Crippen molar-refractivity contribution in [2.24, 2.45) is 0 Å². The SMILES string of the molecule is CC(=Cc1nc(-c2ccc(Oc3ccccn3)cc2F)no1)C(=O)O. The number of carboxylic acid groups (broad SMARTS) is 1. The van der Waals surface area contributed by atoms with E-state index in [1.54, 1.807) is 30.5 Å². The van der Waals surface area contributed by atoms with Crippen LogP contribution in [0.5, 0.6) is 11.6 Å². The molecule has 7 nitrogen and oxygen atoms in total. The van der Waals surface area contributed by atoms with Crippen molar-refractivity contribution in [2.45, 2.75) is 6.92 Å². The molecule has 25 heavy (non-hydrogen) atoms. The summed E-state index contributed by atoms with van der Waals surface area (Å²) in [5.41, 5.74) is 0.125. The van der Waals surface area contributed by atoms with Gasteiger partial charge in [0.15, 0.2) is 0 Å². The first-order valence-electron chi connectivity index (χ1n) is 7.17. The van der Waals surface area contributed by atoms with E-state index in [0.29, 0.717) is 5.88 Å². The molecule has 0 bridgehead atoms. The summed E-state index contributed by atoms with van der Waals surface area (Å²) in [5, 5.41) is 12.5. The van der Waals surface area contributed by atoms with Gasteiger partial charge in [-0.3, -0.25) is 0 Å². The van der Waals surface area contributed by atoms with Crippen molar-refractivity contribution in [3.63, 3.8) is 0 Å². The molecule has 0 unspecified atom stereocenters. The van der Waals surface area contributed by atoms with Gasteiger partial charge in [-0.05, 0) is 25.1 Å². The summed E-state index contributed by atoms with van der Waals surface area (Å²) in [6.07, 6.45) is 2.77. The van der Waals surface area contributed by atoms with Gasteiger partial charge in [0.25, 0.3) is 5.89 Å². The van der Waals surface area contributed by atoms with Gasteiger partial charge in [-0.1, -0.05) is 11.2 Å². The third-order valence-electron chi connectivity index (χ3n) is 3.16. The van der Waals surface area contributed by atoms with E-state index in [1.165, 1.54) is 25.1 Å². The van der Waals surface area contributed by atoms with Gasteiger partial charge in [-0.25, -0.2) is 14.2 Å². The number of hydrogen-bond acceptors (Lipinski definition) is 6. The summed E-state index contributed by atoms with van der Waals surface area (Å²) in [6, 6.07) is 9.30. The van der Waals surface area contributed by atoms with Crippen LogP contribution in [0.3, 0.4) is 0 Å². The molecule has 8 heteroatoms.